The number of ether oxygens (including phenoxy) is 1. The Hall–Kier alpha value is -0.860. The molecule has 0 saturated heterocycles. The Morgan fingerprint density at radius 2 is 1.80 bits per heavy atom. The molecule has 0 rings (SSSR count). The van der Waals surface area contributed by atoms with Gasteiger partial charge in [-0.1, -0.05) is 27.7 Å². The van der Waals surface area contributed by atoms with Gasteiger partial charge >= 0.3 is 5.97 Å². The molecule has 3 nitrogen and oxygen atoms in total. The first-order chi connectivity index (χ1) is 6.77. The summed E-state index contributed by atoms with van der Waals surface area (Å²) >= 11 is 0. The van der Waals surface area contributed by atoms with E-state index in [-0.39, 0.29) is 23.3 Å². The smallest absolute Gasteiger partial charge is 0.302 e. The highest BCUT2D eigenvalue weighted by Gasteiger charge is 2.29. The minimum absolute atomic E-state index is 0.165. The fourth-order valence-corrected chi connectivity index (χ4v) is 1.31. The molecule has 0 amide bonds. The molecular formula is C12H22O3. The van der Waals surface area contributed by atoms with E-state index in [2.05, 4.69) is 0 Å². The van der Waals surface area contributed by atoms with E-state index in [1.165, 1.54) is 6.92 Å². The van der Waals surface area contributed by atoms with Crippen molar-refractivity contribution in [2.24, 2.45) is 5.41 Å². The Morgan fingerprint density at radius 3 is 2.13 bits per heavy atom. The molecule has 0 aliphatic carbocycles. The van der Waals surface area contributed by atoms with Crippen molar-refractivity contribution in [2.75, 3.05) is 0 Å². The van der Waals surface area contributed by atoms with E-state index in [9.17, 15) is 9.59 Å². The van der Waals surface area contributed by atoms with E-state index in [1.807, 2.05) is 27.7 Å². The van der Waals surface area contributed by atoms with E-state index < -0.39 is 0 Å². The molecule has 0 aromatic rings. The van der Waals surface area contributed by atoms with Crippen LogP contribution in [0.25, 0.3) is 0 Å². The second-order valence-electron chi connectivity index (χ2n) is 4.96. The normalized spacial score (nSPS) is 13.4. The van der Waals surface area contributed by atoms with Crippen LogP contribution in [0.3, 0.4) is 0 Å². The van der Waals surface area contributed by atoms with Crippen LogP contribution in [0.15, 0.2) is 0 Å². The van der Waals surface area contributed by atoms with Crippen LogP contribution in [0.5, 0.6) is 0 Å². The Bertz CT molecular complexity index is 226. The van der Waals surface area contributed by atoms with E-state index in [4.69, 9.17) is 4.74 Å². The van der Waals surface area contributed by atoms with E-state index in [0.29, 0.717) is 12.8 Å². The molecule has 15 heavy (non-hydrogen) atoms. The molecule has 0 aromatic carbocycles. The van der Waals surface area contributed by atoms with Gasteiger partial charge in [0.15, 0.2) is 0 Å². The molecule has 0 spiro atoms. The lowest BCUT2D eigenvalue weighted by Crippen LogP contribution is -2.33. The Balaban J connectivity index is 4.38. The number of esters is 1. The van der Waals surface area contributed by atoms with Crippen LogP contribution in [0, 0.1) is 5.41 Å². The third-order valence-corrected chi connectivity index (χ3v) is 2.22. The summed E-state index contributed by atoms with van der Waals surface area (Å²) in [5.74, 6) is -0.155. The molecule has 0 bridgehead atoms. The highest BCUT2D eigenvalue weighted by Crippen LogP contribution is 2.25. The Morgan fingerprint density at radius 1 is 1.27 bits per heavy atom. The highest BCUT2D eigenvalue weighted by molar-refractivity contribution is 5.79. The maximum atomic E-state index is 11.5. The fourth-order valence-electron chi connectivity index (χ4n) is 1.31. The van der Waals surface area contributed by atoms with Crippen molar-refractivity contribution in [2.45, 2.75) is 60.0 Å². The van der Waals surface area contributed by atoms with Gasteiger partial charge in [0, 0.05) is 19.8 Å². The van der Waals surface area contributed by atoms with Gasteiger partial charge in [-0.15, -0.1) is 0 Å². The monoisotopic (exact) mass is 214 g/mol. The van der Waals surface area contributed by atoms with Crippen molar-refractivity contribution >= 4 is 11.8 Å². The molecule has 3 heteroatoms. The predicted octanol–water partition coefficient (Wildman–Crippen LogP) is 2.72. The SMILES string of the molecule is CCCC(=O)CC(OC(C)=O)C(C)(C)C. The lowest BCUT2D eigenvalue weighted by Gasteiger charge is -2.29. The van der Waals surface area contributed by atoms with Crippen molar-refractivity contribution in [3.05, 3.63) is 0 Å². The summed E-state index contributed by atoms with van der Waals surface area (Å²) in [5.41, 5.74) is -0.185. The molecule has 0 saturated carbocycles. The van der Waals surface area contributed by atoms with Gasteiger partial charge in [0.25, 0.3) is 0 Å². The van der Waals surface area contributed by atoms with Crippen LogP contribution in [-0.2, 0) is 14.3 Å². The summed E-state index contributed by atoms with van der Waals surface area (Å²) in [5, 5.41) is 0. The number of Topliss-reactive ketones (excluding diaryl/α,β-unsaturated/α-hetero) is 1. The summed E-state index contributed by atoms with van der Waals surface area (Å²) in [7, 11) is 0. The summed E-state index contributed by atoms with van der Waals surface area (Å²) in [6.45, 7) is 9.26. The Labute approximate surface area is 92.2 Å². The second-order valence-corrected chi connectivity index (χ2v) is 4.96. The largest absolute Gasteiger partial charge is 0.462 e. The average molecular weight is 214 g/mol. The van der Waals surface area contributed by atoms with E-state index >= 15 is 0 Å². The van der Waals surface area contributed by atoms with E-state index in [1.54, 1.807) is 0 Å². The lowest BCUT2D eigenvalue weighted by molar-refractivity contribution is -0.153. The van der Waals surface area contributed by atoms with Crippen LogP contribution >= 0.6 is 0 Å². The first-order valence-corrected chi connectivity index (χ1v) is 5.46. The Kier molecular flexibility index (Phi) is 5.55. The summed E-state index contributed by atoms with van der Waals surface area (Å²) in [4.78, 5) is 22.4. The maximum absolute atomic E-state index is 11.5. The minimum atomic E-state index is -0.320. The van der Waals surface area contributed by atoms with Crippen molar-refractivity contribution in [1.82, 2.24) is 0 Å². The number of hydrogen-bond donors (Lipinski definition) is 0. The third-order valence-electron chi connectivity index (χ3n) is 2.22. The number of hydrogen-bond acceptors (Lipinski definition) is 3. The first kappa shape index (κ1) is 14.1. The molecule has 1 unspecified atom stereocenters. The zero-order valence-corrected chi connectivity index (χ0v) is 10.4. The number of carbonyl (C=O) groups excluding carboxylic acids is 2. The van der Waals surface area contributed by atoms with Gasteiger partial charge < -0.3 is 4.74 Å². The molecule has 0 aliphatic heterocycles. The molecule has 0 aromatic heterocycles. The van der Waals surface area contributed by atoms with Crippen molar-refractivity contribution < 1.29 is 14.3 Å². The second kappa shape index (κ2) is 5.89. The summed E-state index contributed by atoms with van der Waals surface area (Å²) < 4.78 is 5.17. The van der Waals surface area contributed by atoms with Gasteiger partial charge in [0.1, 0.15) is 11.9 Å². The standard InChI is InChI=1S/C12H22O3/c1-6-7-10(14)8-11(12(3,4)5)15-9(2)13/h11H,6-8H2,1-5H3. The van der Waals surface area contributed by atoms with Crippen LogP contribution < -0.4 is 0 Å². The molecule has 0 N–H and O–H groups in total. The van der Waals surface area contributed by atoms with Gasteiger partial charge in [-0.05, 0) is 11.8 Å². The zero-order chi connectivity index (χ0) is 12.1. The van der Waals surface area contributed by atoms with Crippen LogP contribution in [0.1, 0.15) is 53.9 Å². The molecule has 0 fully saturated rings. The van der Waals surface area contributed by atoms with Crippen LogP contribution in [0.4, 0.5) is 0 Å². The summed E-state index contributed by atoms with van der Waals surface area (Å²) in [6.07, 6.45) is 1.43. The predicted molar refractivity (Wildman–Crippen MR) is 59.5 cm³/mol. The fraction of sp³-hybridized carbons (Fsp3) is 0.833. The topological polar surface area (TPSA) is 43.4 Å². The third kappa shape index (κ3) is 6.26. The molecule has 0 radical (unpaired) electrons. The van der Waals surface area contributed by atoms with Gasteiger partial charge in [-0.25, -0.2) is 0 Å². The molecule has 88 valence electrons. The molecular weight excluding hydrogens is 192 g/mol. The first-order valence-electron chi connectivity index (χ1n) is 5.46. The lowest BCUT2D eigenvalue weighted by atomic mass is 9.85. The molecule has 0 heterocycles. The van der Waals surface area contributed by atoms with Crippen molar-refractivity contribution in [3.8, 4) is 0 Å². The average Bonchev–Trinajstić information content (AvgIpc) is 2.00. The number of carbonyl (C=O) groups is 2. The van der Waals surface area contributed by atoms with Gasteiger partial charge in [0.05, 0.1) is 0 Å². The molecule has 1 atom stereocenters. The quantitative estimate of drug-likeness (QED) is 0.661. The van der Waals surface area contributed by atoms with Gasteiger partial charge in [0.2, 0.25) is 0 Å². The summed E-state index contributed by atoms with van der Waals surface area (Å²) in [6, 6.07) is 0. The number of rotatable bonds is 5. The van der Waals surface area contributed by atoms with E-state index in [0.717, 1.165) is 6.42 Å². The number of ketones is 1. The van der Waals surface area contributed by atoms with Gasteiger partial charge in [-0.3, -0.25) is 9.59 Å². The van der Waals surface area contributed by atoms with Crippen molar-refractivity contribution in [3.63, 3.8) is 0 Å². The zero-order valence-electron chi connectivity index (χ0n) is 10.4. The van der Waals surface area contributed by atoms with Crippen LogP contribution in [0.2, 0.25) is 0 Å². The molecule has 0 aliphatic rings. The maximum Gasteiger partial charge on any atom is 0.302 e. The van der Waals surface area contributed by atoms with Crippen molar-refractivity contribution in [1.29, 1.82) is 0 Å². The van der Waals surface area contributed by atoms with Crippen LogP contribution in [-0.4, -0.2) is 17.9 Å². The van der Waals surface area contributed by atoms with Gasteiger partial charge in [-0.2, -0.15) is 0 Å². The minimum Gasteiger partial charge on any atom is -0.462 e. The highest BCUT2D eigenvalue weighted by atomic mass is 16.5.